The standard InChI is InChI=1S/C24H16Cl3NO3/c25-17-7-1-14(2-8-17)13-28-21(15-3-9-18(26)10-4-15)20(23(30)24(28)31)22(29)16-5-11-19(27)12-6-16/h1-12,21,29H,13H2/b22-20-. The second-order valence-electron chi connectivity index (χ2n) is 7.11. The lowest BCUT2D eigenvalue weighted by atomic mass is 9.95. The van der Waals surface area contributed by atoms with E-state index in [0.717, 1.165) is 5.56 Å². The first-order chi connectivity index (χ1) is 14.8. The van der Waals surface area contributed by atoms with Crippen molar-refractivity contribution in [3.63, 3.8) is 0 Å². The van der Waals surface area contributed by atoms with Crippen LogP contribution >= 0.6 is 34.8 Å². The van der Waals surface area contributed by atoms with Crippen molar-refractivity contribution in [1.29, 1.82) is 0 Å². The predicted octanol–water partition coefficient (Wildman–Crippen LogP) is 6.27. The molecular formula is C24H16Cl3NO3. The fraction of sp³-hybridized carbons (Fsp3) is 0.0833. The van der Waals surface area contributed by atoms with Crippen LogP contribution in [0.15, 0.2) is 78.4 Å². The summed E-state index contributed by atoms with van der Waals surface area (Å²) in [5, 5.41) is 12.6. The summed E-state index contributed by atoms with van der Waals surface area (Å²) >= 11 is 17.9. The highest BCUT2D eigenvalue weighted by atomic mass is 35.5. The molecule has 1 atom stereocenters. The van der Waals surface area contributed by atoms with E-state index in [0.29, 0.717) is 26.2 Å². The van der Waals surface area contributed by atoms with E-state index in [4.69, 9.17) is 34.8 Å². The molecule has 31 heavy (non-hydrogen) atoms. The van der Waals surface area contributed by atoms with Gasteiger partial charge in [0, 0.05) is 27.2 Å². The van der Waals surface area contributed by atoms with Crippen LogP contribution in [0.2, 0.25) is 15.1 Å². The molecule has 1 aliphatic heterocycles. The van der Waals surface area contributed by atoms with Crippen molar-refractivity contribution in [2.75, 3.05) is 0 Å². The van der Waals surface area contributed by atoms with Gasteiger partial charge in [-0.3, -0.25) is 9.59 Å². The summed E-state index contributed by atoms with van der Waals surface area (Å²) in [6.07, 6.45) is 0. The van der Waals surface area contributed by atoms with E-state index < -0.39 is 17.7 Å². The number of amides is 1. The lowest BCUT2D eigenvalue weighted by Crippen LogP contribution is -2.29. The van der Waals surface area contributed by atoms with E-state index in [-0.39, 0.29) is 17.9 Å². The smallest absolute Gasteiger partial charge is 0.295 e. The summed E-state index contributed by atoms with van der Waals surface area (Å²) in [4.78, 5) is 27.4. The molecule has 0 bridgehead atoms. The molecule has 1 aliphatic rings. The SMILES string of the molecule is O=C1C(=O)N(Cc2ccc(Cl)cc2)C(c2ccc(Cl)cc2)/C1=C(/O)c1ccc(Cl)cc1. The van der Waals surface area contributed by atoms with E-state index in [1.54, 1.807) is 72.8 Å². The Morgan fingerprint density at radius 2 is 1.26 bits per heavy atom. The number of halogens is 3. The molecule has 0 saturated carbocycles. The maximum absolute atomic E-state index is 13.0. The van der Waals surface area contributed by atoms with Crippen LogP contribution in [0.5, 0.6) is 0 Å². The highest BCUT2D eigenvalue weighted by Crippen LogP contribution is 2.40. The second kappa shape index (κ2) is 8.75. The number of carbonyl (C=O) groups excluding carboxylic acids is 2. The molecule has 1 fully saturated rings. The number of nitrogens with zero attached hydrogens (tertiary/aromatic N) is 1. The van der Waals surface area contributed by atoms with E-state index >= 15 is 0 Å². The van der Waals surface area contributed by atoms with Gasteiger partial charge in [-0.15, -0.1) is 0 Å². The molecule has 1 amide bonds. The van der Waals surface area contributed by atoms with E-state index in [1.165, 1.54) is 4.90 Å². The van der Waals surface area contributed by atoms with Gasteiger partial charge in [-0.2, -0.15) is 0 Å². The van der Waals surface area contributed by atoms with Gasteiger partial charge in [0.05, 0.1) is 11.6 Å². The van der Waals surface area contributed by atoms with Gasteiger partial charge in [0.1, 0.15) is 5.76 Å². The molecule has 3 aromatic carbocycles. The Morgan fingerprint density at radius 3 is 1.81 bits per heavy atom. The number of benzene rings is 3. The zero-order valence-electron chi connectivity index (χ0n) is 16.1. The van der Waals surface area contributed by atoms with E-state index in [9.17, 15) is 14.7 Å². The maximum Gasteiger partial charge on any atom is 0.295 e. The molecular weight excluding hydrogens is 457 g/mol. The maximum atomic E-state index is 13.0. The zero-order valence-corrected chi connectivity index (χ0v) is 18.3. The average molecular weight is 473 g/mol. The molecule has 0 aromatic heterocycles. The van der Waals surface area contributed by atoms with Crippen LogP contribution in [0, 0.1) is 0 Å². The third-order valence-corrected chi connectivity index (χ3v) is 5.87. The van der Waals surface area contributed by atoms with Gasteiger partial charge in [-0.25, -0.2) is 0 Å². The number of likely N-dealkylation sites (tertiary alicyclic amines) is 1. The number of hydrogen-bond donors (Lipinski definition) is 1. The Labute approximate surface area is 194 Å². The highest BCUT2D eigenvalue weighted by molar-refractivity contribution is 6.46. The lowest BCUT2D eigenvalue weighted by molar-refractivity contribution is -0.140. The number of aliphatic hydroxyl groups is 1. The first kappa shape index (κ1) is 21.4. The van der Waals surface area contributed by atoms with Gasteiger partial charge in [-0.05, 0) is 59.7 Å². The summed E-state index contributed by atoms with van der Waals surface area (Å²) < 4.78 is 0. The van der Waals surface area contributed by atoms with Crippen molar-refractivity contribution < 1.29 is 14.7 Å². The molecule has 1 heterocycles. The number of carbonyl (C=O) groups is 2. The van der Waals surface area contributed by atoms with Gasteiger partial charge >= 0.3 is 0 Å². The zero-order chi connectivity index (χ0) is 22.1. The molecule has 3 aromatic rings. The summed E-state index contributed by atoms with van der Waals surface area (Å²) in [6.45, 7) is 0.173. The third kappa shape index (κ3) is 4.33. The Balaban J connectivity index is 1.84. The van der Waals surface area contributed by atoms with Crippen molar-refractivity contribution in [2.24, 2.45) is 0 Å². The van der Waals surface area contributed by atoms with Crippen molar-refractivity contribution in [3.8, 4) is 0 Å². The fourth-order valence-corrected chi connectivity index (χ4v) is 3.96. The number of aliphatic hydroxyl groups excluding tert-OH is 1. The molecule has 156 valence electrons. The molecule has 1 unspecified atom stereocenters. The van der Waals surface area contributed by atoms with Crippen LogP contribution in [0.25, 0.3) is 5.76 Å². The summed E-state index contributed by atoms with van der Waals surface area (Å²) in [5.74, 6) is -1.69. The normalized spacial score (nSPS) is 17.9. The average Bonchev–Trinajstić information content (AvgIpc) is 3.01. The molecule has 0 radical (unpaired) electrons. The number of Topliss-reactive ketones (excluding diaryl/α,β-unsaturated/α-hetero) is 1. The number of hydrogen-bond acceptors (Lipinski definition) is 3. The van der Waals surface area contributed by atoms with Crippen molar-refractivity contribution in [2.45, 2.75) is 12.6 Å². The summed E-state index contributed by atoms with van der Waals surface area (Å²) in [5.41, 5.74) is 1.88. The van der Waals surface area contributed by atoms with Crippen molar-refractivity contribution >= 4 is 52.3 Å². The van der Waals surface area contributed by atoms with Crippen molar-refractivity contribution in [3.05, 3.63) is 110 Å². The van der Waals surface area contributed by atoms with Gasteiger partial charge in [0.25, 0.3) is 11.7 Å². The van der Waals surface area contributed by atoms with Crippen LogP contribution in [-0.4, -0.2) is 21.7 Å². The van der Waals surface area contributed by atoms with Crippen LogP contribution in [0.1, 0.15) is 22.7 Å². The van der Waals surface area contributed by atoms with Crippen molar-refractivity contribution in [1.82, 2.24) is 4.90 Å². The Morgan fingerprint density at radius 1 is 0.774 bits per heavy atom. The van der Waals surface area contributed by atoms with Crippen LogP contribution < -0.4 is 0 Å². The van der Waals surface area contributed by atoms with Crippen LogP contribution in [0.4, 0.5) is 0 Å². The summed E-state index contributed by atoms with van der Waals surface area (Å²) in [6, 6.07) is 19.5. The molecule has 7 heteroatoms. The first-order valence-electron chi connectivity index (χ1n) is 9.39. The summed E-state index contributed by atoms with van der Waals surface area (Å²) in [7, 11) is 0. The largest absolute Gasteiger partial charge is 0.507 e. The minimum Gasteiger partial charge on any atom is -0.507 e. The molecule has 1 saturated heterocycles. The fourth-order valence-electron chi connectivity index (χ4n) is 3.58. The minimum atomic E-state index is -0.774. The molecule has 1 N–H and O–H groups in total. The van der Waals surface area contributed by atoms with Gasteiger partial charge in [0.15, 0.2) is 0 Å². The highest BCUT2D eigenvalue weighted by Gasteiger charge is 2.46. The molecule has 4 rings (SSSR count). The third-order valence-electron chi connectivity index (χ3n) is 5.11. The minimum absolute atomic E-state index is 0.0172. The van der Waals surface area contributed by atoms with Crippen LogP contribution in [0.3, 0.4) is 0 Å². The second-order valence-corrected chi connectivity index (χ2v) is 8.42. The Kier molecular flexibility index (Phi) is 6.05. The van der Waals surface area contributed by atoms with E-state index in [2.05, 4.69) is 0 Å². The van der Waals surface area contributed by atoms with E-state index in [1.807, 2.05) is 0 Å². The molecule has 0 spiro atoms. The van der Waals surface area contributed by atoms with Gasteiger partial charge < -0.3 is 10.0 Å². The lowest BCUT2D eigenvalue weighted by Gasteiger charge is -2.25. The topological polar surface area (TPSA) is 57.6 Å². The Hall–Kier alpha value is -2.79. The Bertz CT molecular complexity index is 1170. The molecule has 4 nitrogen and oxygen atoms in total. The van der Waals surface area contributed by atoms with Gasteiger partial charge in [0.2, 0.25) is 0 Å². The van der Waals surface area contributed by atoms with Crippen LogP contribution in [-0.2, 0) is 16.1 Å². The monoisotopic (exact) mass is 471 g/mol. The van der Waals surface area contributed by atoms with Gasteiger partial charge in [-0.1, -0.05) is 59.1 Å². The number of rotatable bonds is 4. The quantitative estimate of drug-likeness (QED) is 0.277. The molecule has 0 aliphatic carbocycles. The predicted molar refractivity (Wildman–Crippen MR) is 122 cm³/mol. The first-order valence-corrected chi connectivity index (χ1v) is 10.5. The number of ketones is 1.